The first-order chi connectivity index (χ1) is 11.3. The van der Waals surface area contributed by atoms with E-state index < -0.39 is 0 Å². The molecule has 2 aromatic carbocycles. The molecule has 1 atom stereocenters. The number of amides is 1. The van der Waals surface area contributed by atoms with E-state index in [1.807, 2.05) is 18.2 Å². The Bertz CT molecular complexity index is 691. The minimum absolute atomic E-state index is 0.0398. The van der Waals surface area contributed by atoms with Gasteiger partial charge in [0.2, 0.25) is 0 Å². The van der Waals surface area contributed by atoms with Gasteiger partial charge in [-0.3, -0.25) is 4.79 Å². The SMILES string of the molecule is C=CCOc1ccc(C(=O)NC2CCCc3ccccc32)cc1. The molecule has 0 aromatic heterocycles. The van der Waals surface area contributed by atoms with Crippen LogP contribution in [0.4, 0.5) is 0 Å². The zero-order valence-electron chi connectivity index (χ0n) is 13.1. The van der Waals surface area contributed by atoms with Crippen LogP contribution in [0.5, 0.6) is 5.75 Å². The Labute approximate surface area is 137 Å². The van der Waals surface area contributed by atoms with Crippen molar-refractivity contribution in [1.29, 1.82) is 0 Å². The minimum atomic E-state index is -0.0398. The lowest BCUT2D eigenvalue weighted by atomic mass is 9.87. The van der Waals surface area contributed by atoms with E-state index in [-0.39, 0.29) is 11.9 Å². The minimum Gasteiger partial charge on any atom is -0.490 e. The van der Waals surface area contributed by atoms with Gasteiger partial charge in [0.05, 0.1) is 6.04 Å². The molecule has 23 heavy (non-hydrogen) atoms. The summed E-state index contributed by atoms with van der Waals surface area (Å²) in [6.07, 6.45) is 4.89. The molecule has 1 N–H and O–H groups in total. The predicted molar refractivity (Wildman–Crippen MR) is 91.7 cm³/mol. The average Bonchev–Trinajstić information content (AvgIpc) is 2.60. The fourth-order valence-electron chi connectivity index (χ4n) is 3.00. The summed E-state index contributed by atoms with van der Waals surface area (Å²) in [5.74, 6) is 0.700. The lowest BCUT2D eigenvalue weighted by molar-refractivity contribution is 0.0932. The van der Waals surface area contributed by atoms with Gasteiger partial charge < -0.3 is 10.1 Å². The maximum absolute atomic E-state index is 12.5. The highest BCUT2D eigenvalue weighted by atomic mass is 16.5. The van der Waals surface area contributed by atoms with E-state index in [1.165, 1.54) is 11.1 Å². The molecule has 0 saturated carbocycles. The third kappa shape index (κ3) is 3.62. The van der Waals surface area contributed by atoms with Crippen molar-refractivity contribution in [2.45, 2.75) is 25.3 Å². The number of carbonyl (C=O) groups is 1. The number of aryl methyl sites for hydroxylation is 1. The van der Waals surface area contributed by atoms with E-state index >= 15 is 0 Å². The molecule has 0 spiro atoms. The molecular formula is C20H21NO2. The molecule has 2 aromatic rings. The smallest absolute Gasteiger partial charge is 0.251 e. The van der Waals surface area contributed by atoms with E-state index in [4.69, 9.17) is 4.74 Å². The molecule has 0 saturated heterocycles. The second-order valence-corrected chi connectivity index (χ2v) is 5.74. The third-order valence-electron chi connectivity index (χ3n) is 4.16. The molecule has 0 aliphatic heterocycles. The number of fused-ring (bicyclic) bond motifs is 1. The lowest BCUT2D eigenvalue weighted by Crippen LogP contribution is -2.30. The van der Waals surface area contributed by atoms with Crippen LogP contribution in [0.1, 0.15) is 40.4 Å². The van der Waals surface area contributed by atoms with Crippen molar-refractivity contribution >= 4 is 5.91 Å². The average molecular weight is 307 g/mol. The van der Waals surface area contributed by atoms with Gasteiger partial charge in [-0.25, -0.2) is 0 Å². The molecular weight excluding hydrogens is 286 g/mol. The zero-order valence-corrected chi connectivity index (χ0v) is 13.1. The fourth-order valence-corrected chi connectivity index (χ4v) is 3.00. The van der Waals surface area contributed by atoms with Crippen LogP contribution in [0.25, 0.3) is 0 Å². The highest BCUT2D eigenvalue weighted by molar-refractivity contribution is 5.94. The van der Waals surface area contributed by atoms with Gasteiger partial charge in [0.15, 0.2) is 0 Å². The van der Waals surface area contributed by atoms with Gasteiger partial charge in [-0.15, -0.1) is 0 Å². The summed E-state index contributed by atoms with van der Waals surface area (Å²) in [6, 6.07) is 15.7. The summed E-state index contributed by atoms with van der Waals surface area (Å²) in [7, 11) is 0. The van der Waals surface area contributed by atoms with Crippen LogP contribution in [0.2, 0.25) is 0 Å². The van der Waals surface area contributed by atoms with Crippen LogP contribution in [0.3, 0.4) is 0 Å². The van der Waals surface area contributed by atoms with Crippen LogP contribution in [0, 0.1) is 0 Å². The Kier molecular flexibility index (Phi) is 4.77. The molecule has 0 radical (unpaired) electrons. The van der Waals surface area contributed by atoms with Gasteiger partial charge in [0.25, 0.3) is 5.91 Å². The van der Waals surface area contributed by atoms with Crippen molar-refractivity contribution in [3.05, 3.63) is 77.9 Å². The van der Waals surface area contributed by atoms with Crippen LogP contribution < -0.4 is 10.1 Å². The fraction of sp³-hybridized carbons (Fsp3) is 0.250. The Balaban J connectivity index is 1.69. The first kappa shape index (κ1) is 15.3. The number of hydrogen-bond acceptors (Lipinski definition) is 2. The van der Waals surface area contributed by atoms with E-state index in [0.29, 0.717) is 12.2 Å². The molecule has 1 aliphatic carbocycles. The van der Waals surface area contributed by atoms with E-state index in [2.05, 4.69) is 30.1 Å². The lowest BCUT2D eigenvalue weighted by Gasteiger charge is -2.26. The van der Waals surface area contributed by atoms with E-state index in [1.54, 1.807) is 18.2 Å². The Morgan fingerprint density at radius 3 is 2.78 bits per heavy atom. The summed E-state index contributed by atoms with van der Waals surface area (Å²) in [4.78, 5) is 12.5. The largest absolute Gasteiger partial charge is 0.490 e. The summed E-state index contributed by atoms with van der Waals surface area (Å²) in [5, 5.41) is 3.16. The standard InChI is InChI=1S/C20H21NO2/c1-2-14-23-17-12-10-16(11-13-17)20(22)21-19-9-5-7-15-6-3-4-8-18(15)19/h2-4,6,8,10-13,19H,1,5,7,9,14H2,(H,21,22). The highest BCUT2D eigenvalue weighted by Gasteiger charge is 2.21. The van der Waals surface area contributed by atoms with Crippen LogP contribution >= 0.6 is 0 Å². The number of nitrogens with one attached hydrogen (secondary N) is 1. The van der Waals surface area contributed by atoms with Gasteiger partial charge in [0, 0.05) is 5.56 Å². The van der Waals surface area contributed by atoms with Gasteiger partial charge in [-0.1, -0.05) is 36.9 Å². The quantitative estimate of drug-likeness (QED) is 0.846. The summed E-state index contributed by atoms with van der Waals surface area (Å²) in [6.45, 7) is 4.08. The molecule has 1 unspecified atom stereocenters. The molecule has 0 heterocycles. The normalized spacial score (nSPS) is 16.3. The van der Waals surface area contributed by atoms with Crippen molar-refractivity contribution in [1.82, 2.24) is 5.32 Å². The molecule has 0 fully saturated rings. The van der Waals surface area contributed by atoms with Crippen LogP contribution in [-0.4, -0.2) is 12.5 Å². The Hall–Kier alpha value is -2.55. The van der Waals surface area contributed by atoms with E-state index in [0.717, 1.165) is 25.0 Å². The van der Waals surface area contributed by atoms with Crippen molar-refractivity contribution < 1.29 is 9.53 Å². The van der Waals surface area contributed by atoms with Gasteiger partial charge >= 0.3 is 0 Å². The maximum atomic E-state index is 12.5. The Morgan fingerprint density at radius 2 is 2.00 bits per heavy atom. The van der Waals surface area contributed by atoms with Crippen LogP contribution in [0.15, 0.2) is 61.2 Å². The molecule has 118 valence electrons. The molecule has 3 heteroatoms. The molecule has 3 nitrogen and oxygen atoms in total. The monoisotopic (exact) mass is 307 g/mol. The zero-order chi connectivity index (χ0) is 16.1. The number of ether oxygens (including phenoxy) is 1. The topological polar surface area (TPSA) is 38.3 Å². The van der Waals surface area contributed by atoms with Crippen molar-refractivity contribution in [3.8, 4) is 5.75 Å². The van der Waals surface area contributed by atoms with E-state index in [9.17, 15) is 4.79 Å². The second kappa shape index (κ2) is 7.14. The highest BCUT2D eigenvalue weighted by Crippen LogP contribution is 2.29. The number of carbonyl (C=O) groups excluding carboxylic acids is 1. The van der Waals surface area contributed by atoms with Gasteiger partial charge in [-0.05, 0) is 54.7 Å². The summed E-state index contributed by atoms with van der Waals surface area (Å²) >= 11 is 0. The molecule has 3 rings (SSSR count). The summed E-state index contributed by atoms with van der Waals surface area (Å²) < 4.78 is 5.44. The molecule has 0 bridgehead atoms. The van der Waals surface area contributed by atoms with Gasteiger partial charge in [-0.2, -0.15) is 0 Å². The molecule has 1 aliphatic rings. The van der Waals surface area contributed by atoms with Crippen molar-refractivity contribution in [2.75, 3.05) is 6.61 Å². The first-order valence-corrected chi connectivity index (χ1v) is 8.00. The number of benzene rings is 2. The number of rotatable bonds is 5. The third-order valence-corrected chi connectivity index (χ3v) is 4.16. The van der Waals surface area contributed by atoms with Gasteiger partial charge in [0.1, 0.15) is 12.4 Å². The van der Waals surface area contributed by atoms with Crippen molar-refractivity contribution in [2.24, 2.45) is 0 Å². The summed E-state index contributed by atoms with van der Waals surface area (Å²) in [5.41, 5.74) is 3.24. The van der Waals surface area contributed by atoms with Crippen LogP contribution in [-0.2, 0) is 6.42 Å². The first-order valence-electron chi connectivity index (χ1n) is 8.00. The predicted octanol–water partition coefficient (Wildman–Crippen LogP) is 4.06. The maximum Gasteiger partial charge on any atom is 0.251 e. The second-order valence-electron chi connectivity index (χ2n) is 5.74. The van der Waals surface area contributed by atoms with Crippen molar-refractivity contribution in [3.63, 3.8) is 0 Å². The Morgan fingerprint density at radius 1 is 1.22 bits per heavy atom. The number of hydrogen-bond donors (Lipinski definition) is 1. The molecule has 1 amide bonds.